The van der Waals surface area contributed by atoms with Crippen molar-refractivity contribution < 1.29 is 19.1 Å². The molecule has 0 aliphatic heterocycles. The van der Waals surface area contributed by atoms with Gasteiger partial charge in [0.15, 0.2) is 0 Å². The normalized spacial score (nSPS) is 10.0. The van der Waals surface area contributed by atoms with Crippen molar-refractivity contribution in [3.05, 3.63) is 71.8 Å². The molecule has 2 aromatic carbocycles. The molecule has 0 saturated carbocycles. The van der Waals surface area contributed by atoms with Gasteiger partial charge in [-0.1, -0.05) is 18.7 Å². The Morgan fingerprint density at radius 3 is 2.52 bits per heavy atom. The average molecular weight is 339 g/mol. The highest BCUT2D eigenvalue weighted by Crippen LogP contribution is 2.21. The van der Waals surface area contributed by atoms with Gasteiger partial charge < -0.3 is 14.8 Å². The van der Waals surface area contributed by atoms with Crippen LogP contribution in [-0.4, -0.2) is 25.1 Å². The number of nitrogens with one attached hydrogen (secondary N) is 1. The second kappa shape index (κ2) is 8.68. The summed E-state index contributed by atoms with van der Waals surface area (Å²) in [5.74, 6) is -0.00358. The molecular formula is C20H21NO4. The first-order valence-corrected chi connectivity index (χ1v) is 7.98. The third kappa shape index (κ3) is 4.70. The van der Waals surface area contributed by atoms with Crippen molar-refractivity contribution in [1.29, 1.82) is 0 Å². The van der Waals surface area contributed by atoms with Gasteiger partial charge in [-0.25, -0.2) is 4.79 Å². The predicted octanol–water partition coefficient (Wildman–Crippen LogP) is 3.99. The summed E-state index contributed by atoms with van der Waals surface area (Å²) in [6.45, 7) is 7.82. The van der Waals surface area contributed by atoms with E-state index in [1.54, 1.807) is 62.4 Å². The van der Waals surface area contributed by atoms with Crippen molar-refractivity contribution >= 4 is 17.6 Å². The third-order valence-corrected chi connectivity index (χ3v) is 3.56. The van der Waals surface area contributed by atoms with E-state index >= 15 is 0 Å². The number of amides is 1. The Balaban J connectivity index is 2.13. The second-order valence-electron chi connectivity index (χ2n) is 5.28. The number of ether oxygens (including phenoxy) is 2. The van der Waals surface area contributed by atoms with Crippen molar-refractivity contribution in [2.75, 3.05) is 18.5 Å². The van der Waals surface area contributed by atoms with Crippen molar-refractivity contribution in [1.82, 2.24) is 0 Å². The number of rotatable bonds is 7. The van der Waals surface area contributed by atoms with Gasteiger partial charge in [0.25, 0.3) is 5.91 Å². The maximum absolute atomic E-state index is 12.4. The van der Waals surface area contributed by atoms with E-state index in [1.807, 2.05) is 0 Å². The lowest BCUT2D eigenvalue weighted by Crippen LogP contribution is -2.14. The number of hydrogen-bond acceptors (Lipinski definition) is 4. The van der Waals surface area contributed by atoms with E-state index in [1.165, 1.54) is 0 Å². The van der Waals surface area contributed by atoms with Crippen LogP contribution in [0.25, 0.3) is 0 Å². The fourth-order valence-corrected chi connectivity index (χ4v) is 2.25. The van der Waals surface area contributed by atoms with Gasteiger partial charge in [-0.15, -0.1) is 0 Å². The zero-order valence-electron chi connectivity index (χ0n) is 14.4. The molecule has 5 heteroatoms. The quantitative estimate of drug-likeness (QED) is 0.612. The molecule has 1 amide bonds. The number of carbonyl (C=O) groups excluding carboxylic acids is 2. The van der Waals surface area contributed by atoms with Gasteiger partial charge in [-0.3, -0.25) is 4.79 Å². The Morgan fingerprint density at radius 1 is 1.16 bits per heavy atom. The van der Waals surface area contributed by atoms with Gasteiger partial charge in [0, 0.05) is 11.3 Å². The van der Waals surface area contributed by atoms with Gasteiger partial charge in [0.1, 0.15) is 12.4 Å². The summed E-state index contributed by atoms with van der Waals surface area (Å²) >= 11 is 0. The van der Waals surface area contributed by atoms with E-state index in [9.17, 15) is 9.59 Å². The standard InChI is InChI=1S/C20H21NO4/c1-4-13-25-16-11-9-15(10-12-16)19(22)21-18-8-6-7-17(14(18)3)20(23)24-5-2/h4,6-12H,1,5,13H2,2-3H3,(H,21,22). The summed E-state index contributed by atoms with van der Waals surface area (Å²) in [5.41, 5.74) is 2.17. The number of carbonyl (C=O) groups is 2. The topological polar surface area (TPSA) is 64.6 Å². The Morgan fingerprint density at radius 2 is 1.88 bits per heavy atom. The first kappa shape index (κ1) is 18.3. The number of esters is 1. The first-order valence-electron chi connectivity index (χ1n) is 7.98. The molecule has 0 aromatic heterocycles. The molecule has 0 bridgehead atoms. The first-order chi connectivity index (χ1) is 12.1. The van der Waals surface area contributed by atoms with E-state index in [-0.39, 0.29) is 5.91 Å². The molecule has 0 saturated heterocycles. The van der Waals surface area contributed by atoms with Crippen LogP contribution in [0.5, 0.6) is 5.75 Å². The lowest BCUT2D eigenvalue weighted by Gasteiger charge is -2.12. The molecular weight excluding hydrogens is 318 g/mol. The highest BCUT2D eigenvalue weighted by molar-refractivity contribution is 6.05. The molecule has 0 aliphatic carbocycles. The van der Waals surface area contributed by atoms with Crippen molar-refractivity contribution in [2.24, 2.45) is 0 Å². The minimum Gasteiger partial charge on any atom is -0.490 e. The molecule has 0 spiro atoms. The summed E-state index contributed by atoms with van der Waals surface area (Å²) in [5, 5.41) is 2.82. The molecule has 0 atom stereocenters. The highest BCUT2D eigenvalue weighted by Gasteiger charge is 2.14. The molecule has 0 unspecified atom stereocenters. The van der Waals surface area contributed by atoms with Gasteiger partial charge in [0.05, 0.1) is 12.2 Å². The Labute approximate surface area is 147 Å². The minimum absolute atomic E-state index is 0.264. The summed E-state index contributed by atoms with van der Waals surface area (Å²) in [6, 6.07) is 11.9. The van der Waals surface area contributed by atoms with Crippen LogP contribution in [0.2, 0.25) is 0 Å². The molecule has 25 heavy (non-hydrogen) atoms. The molecule has 2 rings (SSSR count). The largest absolute Gasteiger partial charge is 0.490 e. The van der Waals surface area contributed by atoms with Crippen LogP contribution >= 0.6 is 0 Å². The van der Waals surface area contributed by atoms with E-state index in [0.29, 0.717) is 41.3 Å². The minimum atomic E-state index is -0.403. The molecule has 0 radical (unpaired) electrons. The molecule has 0 aliphatic rings. The molecule has 130 valence electrons. The van der Waals surface area contributed by atoms with Crippen LogP contribution < -0.4 is 10.1 Å². The van der Waals surface area contributed by atoms with Gasteiger partial charge in [0.2, 0.25) is 0 Å². The van der Waals surface area contributed by atoms with E-state index < -0.39 is 5.97 Å². The van der Waals surface area contributed by atoms with Crippen molar-refractivity contribution in [3.63, 3.8) is 0 Å². The van der Waals surface area contributed by atoms with Crippen LogP contribution in [0.15, 0.2) is 55.1 Å². The molecule has 2 aromatic rings. The van der Waals surface area contributed by atoms with Gasteiger partial charge >= 0.3 is 5.97 Å². The number of anilines is 1. The smallest absolute Gasteiger partial charge is 0.338 e. The molecule has 5 nitrogen and oxygen atoms in total. The van der Waals surface area contributed by atoms with Crippen LogP contribution in [0.3, 0.4) is 0 Å². The molecule has 1 N–H and O–H groups in total. The summed E-state index contributed by atoms with van der Waals surface area (Å²) in [4.78, 5) is 24.4. The van der Waals surface area contributed by atoms with E-state index in [2.05, 4.69) is 11.9 Å². The van der Waals surface area contributed by atoms with E-state index in [0.717, 1.165) is 0 Å². The molecule has 0 fully saturated rings. The maximum Gasteiger partial charge on any atom is 0.338 e. The zero-order chi connectivity index (χ0) is 18.2. The Hall–Kier alpha value is -3.08. The predicted molar refractivity (Wildman–Crippen MR) is 97.2 cm³/mol. The summed E-state index contributed by atoms with van der Waals surface area (Å²) in [7, 11) is 0. The second-order valence-corrected chi connectivity index (χ2v) is 5.28. The lowest BCUT2D eigenvalue weighted by molar-refractivity contribution is 0.0525. The van der Waals surface area contributed by atoms with E-state index in [4.69, 9.17) is 9.47 Å². The van der Waals surface area contributed by atoms with Crippen LogP contribution in [0, 0.1) is 6.92 Å². The zero-order valence-corrected chi connectivity index (χ0v) is 14.4. The van der Waals surface area contributed by atoms with Gasteiger partial charge in [-0.2, -0.15) is 0 Å². The van der Waals surface area contributed by atoms with Crippen LogP contribution in [-0.2, 0) is 4.74 Å². The monoisotopic (exact) mass is 339 g/mol. The average Bonchev–Trinajstić information content (AvgIpc) is 2.62. The van der Waals surface area contributed by atoms with Crippen LogP contribution in [0.1, 0.15) is 33.2 Å². The van der Waals surface area contributed by atoms with Crippen LogP contribution in [0.4, 0.5) is 5.69 Å². The number of benzene rings is 2. The van der Waals surface area contributed by atoms with Crippen molar-refractivity contribution in [2.45, 2.75) is 13.8 Å². The number of hydrogen-bond donors (Lipinski definition) is 1. The highest BCUT2D eigenvalue weighted by atomic mass is 16.5. The van der Waals surface area contributed by atoms with Gasteiger partial charge in [-0.05, 0) is 55.8 Å². The van der Waals surface area contributed by atoms with Crippen molar-refractivity contribution in [3.8, 4) is 5.75 Å². The summed E-state index contributed by atoms with van der Waals surface area (Å²) in [6.07, 6.45) is 1.65. The molecule has 0 heterocycles. The fourth-order valence-electron chi connectivity index (χ4n) is 2.25. The maximum atomic E-state index is 12.4. The third-order valence-electron chi connectivity index (χ3n) is 3.56. The summed E-state index contributed by atoms with van der Waals surface area (Å²) < 4.78 is 10.4. The lowest BCUT2D eigenvalue weighted by atomic mass is 10.1. The Kier molecular flexibility index (Phi) is 6.34. The fraction of sp³-hybridized carbons (Fsp3) is 0.200. The SMILES string of the molecule is C=CCOc1ccc(C(=O)Nc2cccc(C(=O)OCC)c2C)cc1. The Bertz CT molecular complexity index is 766.